The van der Waals surface area contributed by atoms with Crippen LogP contribution in [0, 0.1) is 0 Å². The molecular formula is C24H29N3O4. The van der Waals surface area contributed by atoms with Gasteiger partial charge in [-0.1, -0.05) is 19.1 Å². The molecule has 0 radical (unpaired) electrons. The third-order valence-electron chi connectivity index (χ3n) is 4.82. The number of H-pyrrole nitrogens is 1. The number of ether oxygens (including phenoxy) is 2. The van der Waals surface area contributed by atoms with Crippen molar-refractivity contribution in [3.05, 3.63) is 64.2 Å². The van der Waals surface area contributed by atoms with Crippen LogP contribution in [-0.2, 0) is 6.54 Å². The number of amides is 1. The molecule has 7 heteroatoms. The van der Waals surface area contributed by atoms with Crippen molar-refractivity contribution in [3.63, 3.8) is 0 Å². The van der Waals surface area contributed by atoms with Crippen LogP contribution in [0.25, 0.3) is 10.9 Å². The van der Waals surface area contributed by atoms with Crippen molar-refractivity contribution in [2.75, 3.05) is 13.2 Å². The number of nitrogens with zero attached hydrogens (tertiary/aromatic N) is 2. The Morgan fingerprint density at radius 2 is 1.87 bits per heavy atom. The topological polar surface area (TPSA) is 84.5 Å². The van der Waals surface area contributed by atoms with Gasteiger partial charge >= 0.3 is 0 Å². The van der Waals surface area contributed by atoms with Gasteiger partial charge in [-0.05, 0) is 57.5 Å². The third-order valence-corrected chi connectivity index (χ3v) is 4.82. The molecule has 1 N–H and O–H groups in total. The number of carbonyl (C=O) groups excluding carboxylic acids is 1. The molecule has 2 aromatic carbocycles. The lowest BCUT2D eigenvalue weighted by Crippen LogP contribution is -2.37. The fraction of sp³-hybridized carbons (Fsp3) is 0.375. The van der Waals surface area contributed by atoms with Crippen molar-refractivity contribution in [1.29, 1.82) is 0 Å². The number of hydrogen-bond acceptors (Lipinski definition) is 5. The number of hydrogen-bond donors (Lipinski definition) is 1. The summed E-state index contributed by atoms with van der Waals surface area (Å²) in [6.45, 7) is 9.01. The Hall–Kier alpha value is -3.35. The maximum Gasteiger partial charge on any atom is 0.258 e. The van der Waals surface area contributed by atoms with E-state index in [1.165, 1.54) is 0 Å². The number of aromatic amines is 1. The summed E-state index contributed by atoms with van der Waals surface area (Å²) in [7, 11) is 0. The molecule has 7 nitrogen and oxygen atoms in total. The highest BCUT2D eigenvalue weighted by Gasteiger charge is 2.22. The van der Waals surface area contributed by atoms with Gasteiger partial charge in [0.15, 0.2) is 11.5 Å². The van der Waals surface area contributed by atoms with Crippen LogP contribution in [0.2, 0.25) is 0 Å². The summed E-state index contributed by atoms with van der Waals surface area (Å²) >= 11 is 0. The first-order valence-corrected chi connectivity index (χ1v) is 10.6. The second-order valence-corrected chi connectivity index (χ2v) is 7.50. The molecule has 0 bridgehead atoms. The summed E-state index contributed by atoms with van der Waals surface area (Å²) in [4.78, 5) is 34.7. The van der Waals surface area contributed by atoms with Crippen LogP contribution in [0.15, 0.2) is 47.3 Å². The Labute approximate surface area is 182 Å². The predicted molar refractivity (Wildman–Crippen MR) is 121 cm³/mol. The molecule has 1 aromatic heterocycles. The highest BCUT2D eigenvalue weighted by atomic mass is 16.5. The van der Waals surface area contributed by atoms with Gasteiger partial charge < -0.3 is 19.4 Å². The van der Waals surface area contributed by atoms with Crippen LogP contribution in [-0.4, -0.2) is 40.0 Å². The lowest BCUT2D eigenvalue weighted by molar-refractivity contribution is 0.0684. The van der Waals surface area contributed by atoms with Gasteiger partial charge in [0.25, 0.3) is 11.5 Å². The summed E-state index contributed by atoms with van der Waals surface area (Å²) in [5.41, 5.74) is 0.880. The number of rotatable bonds is 9. The fourth-order valence-corrected chi connectivity index (χ4v) is 3.27. The SMILES string of the molecule is CCCOc1ccc(C(=O)N(Cc2nc3ccccc3c(=O)[nH]2)C(C)C)cc1OCC. The highest BCUT2D eigenvalue weighted by molar-refractivity contribution is 5.95. The fourth-order valence-electron chi connectivity index (χ4n) is 3.27. The highest BCUT2D eigenvalue weighted by Crippen LogP contribution is 2.29. The Morgan fingerprint density at radius 3 is 2.58 bits per heavy atom. The van der Waals surface area contributed by atoms with E-state index >= 15 is 0 Å². The minimum atomic E-state index is -0.215. The monoisotopic (exact) mass is 423 g/mol. The number of benzene rings is 2. The van der Waals surface area contributed by atoms with Gasteiger partial charge in [-0.2, -0.15) is 0 Å². The average molecular weight is 424 g/mol. The van der Waals surface area contributed by atoms with Crippen LogP contribution >= 0.6 is 0 Å². The van der Waals surface area contributed by atoms with E-state index in [9.17, 15) is 9.59 Å². The summed E-state index contributed by atoms with van der Waals surface area (Å²) < 4.78 is 11.4. The first-order valence-electron chi connectivity index (χ1n) is 10.6. The first-order chi connectivity index (χ1) is 14.9. The van der Waals surface area contributed by atoms with E-state index in [2.05, 4.69) is 9.97 Å². The molecule has 164 valence electrons. The molecule has 0 spiro atoms. The summed E-state index contributed by atoms with van der Waals surface area (Å²) in [6.07, 6.45) is 0.879. The molecular weight excluding hydrogens is 394 g/mol. The van der Waals surface area contributed by atoms with E-state index in [0.717, 1.165) is 6.42 Å². The molecule has 0 saturated carbocycles. The molecule has 1 amide bonds. The Morgan fingerprint density at radius 1 is 1.10 bits per heavy atom. The number of nitrogens with one attached hydrogen (secondary N) is 1. The molecule has 0 aliphatic rings. The molecule has 0 aliphatic heterocycles. The van der Waals surface area contributed by atoms with Crippen LogP contribution in [0.4, 0.5) is 0 Å². The minimum absolute atomic E-state index is 0.101. The lowest BCUT2D eigenvalue weighted by Gasteiger charge is -2.26. The Kier molecular flexibility index (Phi) is 7.28. The Bertz CT molecular complexity index is 1110. The molecule has 0 unspecified atom stereocenters. The zero-order valence-corrected chi connectivity index (χ0v) is 18.5. The number of fused-ring (bicyclic) bond motifs is 1. The van der Waals surface area contributed by atoms with Crippen molar-refractivity contribution in [2.24, 2.45) is 0 Å². The van der Waals surface area contributed by atoms with Crippen molar-refractivity contribution < 1.29 is 14.3 Å². The number of carbonyl (C=O) groups is 1. The minimum Gasteiger partial charge on any atom is -0.490 e. The van der Waals surface area contributed by atoms with Gasteiger partial charge in [-0.3, -0.25) is 9.59 Å². The van der Waals surface area contributed by atoms with E-state index < -0.39 is 0 Å². The van der Waals surface area contributed by atoms with Gasteiger partial charge in [0.2, 0.25) is 0 Å². The first kappa shape index (κ1) is 22.3. The van der Waals surface area contributed by atoms with E-state index in [1.807, 2.05) is 33.8 Å². The molecule has 1 heterocycles. The van der Waals surface area contributed by atoms with E-state index in [1.54, 1.807) is 41.3 Å². The largest absolute Gasteiger partial charge is 0.490 e. The smallest absolute Gasteiger partial charge is 0.258 e. The van der Waals surface area contributed by atoms with Gasteiger partial charge in [-0.15, -0.1) is 0 Å². The van der Waals surface area contributed by atoms with Crippen molar-refractivity contribution in [3.8, 4) is 11.5 Å². The zero-order valence-electron chi connectivity index (χ0n) is 18.5. The Balaban J connectivity index is 1.90. The number of aromatic nitrogens is 2. The second-order valence-electron chi connectivity index (χ2n) is 7.50. The van der Waals surface area contributed by atoms with E-state index in [-0.39, 0.29) is 24.1 Å². The van der Waals surface area contributed by atoms with Gasteiger partial charge in [-0.25, -0.2) is 4.98 Å². The van der Waals surface area contributed by atoms with Gasteiger partial charge in [0.05, 0.1) is 30.7 Å². The maximum atomic E-state index is 13.3. The average Bonchev–Trinajstić information content (AvgIpc) is 2.76. The van der Waals surface area contributed by atoms with Crippen LogP contribution in [0.3, 0.4) is 0 Å². The van der Waals surface area contributed by atoms with Crippen LogP contribution in [0.5, 0.6) is 11.5 Å². The van der Waals surface area contributed by atoms with E-state index in [0.29, 0.717) is 47.0 Å². The standard InChI is InChI=1S/C24H29N3O4/c1-5-13-31-20-12-11-17(14-21(20)30-6-2)24(29)27(16(3)4)15-22-25-19-10-8-7-9-18(19)23(28)26-22/h7-12,14,16H,5-6,13,15H2,1-4H3,(H,25,26,28). The normalized spacial score (nSPS) is 11.0. The third kappa shape index (κ3) is 5.23. The van der Waals surface area contributed by atoms with Gasteiger partial charge in [0.1, 0.15) is 5.82 Å². The molecule has 3 rings (SSSR count). The maximum absolute atomic E-state index is 13.3. The quantitative estimate of drug-likeness (QED) is 0.559. The molecule has 0 aliphatic carbocycles. The summed E-state index contributed by atoms with van der Waals surface area (Å²) in [5.74, 6) is 1.44. The lowest BCUT2D eigenvalue weighted by atomic mass is 10.1. The van der Waals surface area contributed by atoms with Crippen molar-refractivity contribution in [2.45, 2.75) is 46.7 Å². The van der Waals surface area contributed by atoms with Crippen molar-refractivity contribution in [1.82, 2.24) is 14.9 Å². The molecule has 3 aromatic rings. The summed E-state index contributed by atoms with van der Waals surface area (Å²) in [6, 6.07) is 12.3. The zero-order chi connectivity index (χ0) is 22.4. The molecule has 0 atom stereocenters. The van der Waals surface area contributed by atoms with Crippen LogP contribution in [0.1, 0.15) is 50.3 Å². The second kappa shape index (κ2) is 10.1. The predicted octanol–water partition coefficient (Wildman–Crippen LogP) is 4.16. The van der Waals surface area contributed by atoms with Crippen LogP contribution < -0.4 is 15.0 Å². The molecule has 0 saturated heterocycles. The van der Waals surface area contributed by atoms with E-state index in [4.69, 9.17) is 9.47 Å². The van der Waals surface area contributed by atoms with Crippen molar-refractivity contribution >= 4 is 16.8 Å². The molecule has 0 fully saturated rings. The molecule has 31 heavy (non-hydrogen) atoms. The van der Waals surface area contributed by atoms with Gasteiger partial charge in [0, 0.05) is 11.6 Å². The summed E-state index contributed by atoms with van der Waals surface area (Å²) in [5, 5.41) is 0.526. The number of para-hydroxylation sites is 1.